The number of hydrogen-bond donors (Lipinski definition) is 1. The molecule has 0 aromatic rings. The number of carboxylic acid groups (broad SMARTS) is 1. The SMILES string of the molecule is CCCCC(CC)(COCC)C(=O)O. The molecule has 84 valence electrons. The van der Waals surface area contributed by atoms with Crippen molar-refractivity contribution in [2.24, 2.45) is 5.41 Å². The molecular weight excluding hydrogens is 180 g/mol. The van der Waals surface area contributed by atoms with Crippen LogP contribution in [-0.2, 0) is 9.53 Å². The van der Waals surface area contributed by atoms with Crippen molar-refractivity contribution in [1.29, 1.82) is 0 Å². The van der Waals surface area contributed by atoms with Gasteiger partial charge in [0, 0.05) is 6.61 Å². The molecule has 0 saturated heterocycles. The topological polar surface area (TPSA) is 46.5 Å². The molecule has 0 bridgehead atoms. The molecule has 1 atom stereocenters. The van der Waals surface area contributed by atoms with Crippen LogP contribution in [0.2, 0.25) is 0 Å². The maximum atomic E-state index is 11.2. The first-order valence-electron chi connectivity index (χ1n) is 5.44. The summed E-state index contributed by atoms with van der Waals surface area (Å²) in [6, 6.07) is 0. The minimum Gasteiger partial charge on any atom is -0.481 e. The van der Waals surface area contributed by atoms with Gasteiger partial charge >= 0.3 is 5.97 Å². The first-order valence-corrected chi connectivity index (χ1v) is 5.44. The predicted octanol–water partition coefficient (Wildman–Crippen LogP) is 2.69. The van der Waals surface area contributed by atoms with Crippen molar-refractivity contribution in [3.05, 3.63) is 0 Å². The van der Waals surface area contributed by atoms with Crippen LogP contribution in [0.4, 0.5) is 0 Å². The molecule has 0 spiro atoms. The van der Waals surface area contributed by atoms with E-state index in [9.17, 15) is 9.90 Å². The Bertz CT molecular complexity index is 158. The van der Waals surface area contributed by atoms with Crippen LogP contribution >= 0.6 is 0 Å². The summed E-state index contributed by atoms with van der Waals surface area (Å²) < 4.78 is 5.27. The Morgan fingerprint density at radius 3 is 2.36 bits per heavy atom. The van der Waals surface area contributed by atoms with Gasteiger partial charge in [0.1, 0.15) is 0 Å². The van der Waals surface area contributed by atoms with Crippen LogP contribution in [0.1, 0.15) is 46.5 Å². The van der Waals surface area contributed by atoms with E-state index in [1.54, 1.807) is 0 Å². The average Bonchev–Trinajstić information content (AvgIpc) is 2.18. The fraction of sp³-hybridized carbons (Fsp3) is 0.909. The summed E-state index contributed by atoms with van der Waals surface area (Å²) >= 11 is 0. The fourth-order valence-corrected chi connectivity index (χ4v) is 1.48. The van der Waals surface area contributed by atoms with Gasteiger partial charge in [-0.25, -0.2) is 0 Å². The Morgan fingerprint density at radius 1 is 1.36 bits per heavy atom. The first kappa shape index (κ1) is 13.4. The lowest BCUT2D eigenvalue weighted by Gasteiger charge is -2.27. The lowest BCUT2D eigenvalue weighted by Crippen LogP contribution is -2.35. The first-order chi connectivity index (χ1) is 6.63. The molecule has 0 amide bonds. The number of unbranched alkanes of at least 4 members (excludes halogenated alkanes) is 1. The zero-order valence-electron chi connectivity index (χ0n) is 9.51. The number of aliphatic carboxylic acids is 1. The Morgan fingerprint density at radius 2 is 2.00 bits per heavy atom. The van der Waals surface area contributed by atoms with Gasteiger partial charge in [-0.3, -0.25) is 4.79 Å². The predicted molar refractivity (Wildman–Crippen MR) is 56.4 cm³/mol. The van der Waals surface area contributed by atoms with E-state index in [1.165, 1.54) is 0 Å². The lowest BCUT2D eigenvalue weighted by molar-refractivity contribution is -0.154. The molecule has 0 aliphatic carbocycles. The number of hydrogen-bond acceptors (Lipinski definition) is 2. The molecule has 0 saturated carbocycles. The van der Waals surface area contributed by atoms with Crippen LogP contribution in [0.3, 0.4) is 0 Å². The second-order valence-electron chi connectivity index (χ2n) is 3.68. The largest absolute Gasteiger partial charge is 0.481 e. The average molecular weight is 202 g/mol. The van der Waals surface area contributed by atoms with Crippen LogP contribution in [0.25, 0.3) is 0 Å². The Balaban J connectivity index is 4.35. The Hall–Kier alpha value is -0.570. The molecule has 1 N–H and O–H groups in total. The van der Waals surface area contributed by atoms with Crippen molar-refractivity contribution in [3.63, 3.8) is 0 Å². The molecule has 0 aliphatic heterocycles. The minimum atomic E-state index is -0.720. The van der Waals surface area contributed by atoms with E-state index in [-0.39, 0.29) is 0 Å². The number of ether oxygens (including phenoxy) is 1. The molecule has 0 radical (unpaired) electrons. The van der Waals surface area contributed by atoms with Gasteiger partial charge in [0.05, 0.1) is 12.0 Å². The lowest BCUT2D eigenvalue weighted by atomic mass is 9.81. The Kier molecular flexibility index (Phi) is 6.54. The van der Waals surface area contributed by atoms with Crippen molar-refractivity contribution in [2.75, 3.05) is 13.2 Å². The molecule has 0 heterocycles. The van der Waals surface area contributed by atoms with Gasteiger partial charge in [-0.05, 0) is 19.8 Å². The highest BCUT2D eigenvalue weighted by molar-refractivity contribution is 5.74. The quantitative estimate of drug-likeness (QED) is 0.658. The highest BCUT2D eigenvalue weighted by atomic mass is 16.5. The zero-order valence-corrected chi connectivity index (χ0v) is 9.51. The van der Waals surface area contributed by atoms with Gasteiger partial charge in [0.25, 0.3) is 0 Å². The summed E-state index contributed by atoms with van der Waals surface area (Å²) in [6.45, 7) is 6.81. The highest BCUT2D eigenvalue weighted by Crippen LogP contribution is 2.29. The van der Waals surface area contributed by atoms with Gasteiger partial charge in [-0.15, -0.1) is 0 Å². The van der Waals surface area contributed by atoms with Crippen molar-refractivity contribution < 1.29 is 14.6 Å². The monoisotopic (exact) mass is 202 g/mol. The highest BCUT2D eigenvalue weighted by Gasteiger charge is 2.36. The number of carbonyl (C=O) groups is 1. The summed E-state index contributed by atoms with van der Waals surface area (Å²) in [5.74, 6) is -0.720. The summed E-state index contributed by atoms with van der Waals surface area (Å²) in [6.07, 6.45) is 3.34. The van der Waals surface area contributed by atoms with Crippen molar-refractivity contribution in [3.8, 4) is 0 Å². The van der Waals surface area contributed by atoms with Gasteiger partial charge in [0.15, 0.2) is 0 Å². The zero-order chi connectivity index (χ0) is 11.0. The van der Waals surface area contributed by atoms with E-state index in [0.717, 1.165) is 19.3 Å². The molecule has 14 heavy (non-hydrogen) atoms. The normalized spacial score (nSPS) is 15.1. The summed E-state index contributed by atoms with van der Waals surface area (Å²) in [4.78, 5) is 11.2. The summed E-state index contributed by atoms with van der Waals surface area (Å²) in [5, 5.41) is 9.20. The van der Waals surface area contributed by atoms with Crippen LogP contribution in [0.5, 0.6) is 0 Å². The summed E-state index contributed by atoms with van der Waals surface area (Å²) in [5.41, 5.74) is -0.661. The molecule has 1 unspecified atom stereocenters. The second kappa shape index (κ2) is 6.82. The van der Waals surface area contributed by atoms with E-state index >= 15 is 0 Å². The van der Waals surface area contributed by atoms with E-state index in [0.29, 0.717) is 19.6 Å². The van der Waals surface area contributed by atoms with Gasteiger partial charge in [0.2, 0.25) is 0 Å². The number of carboxylic acids is 1. The van der Waals surface area contributed by atoms with E-state index in [2.05, 4.69) is 6.92 Å². The van der Waals surface area contributed by atoms with E-state index in [4.69, 9.17) is 4.74 Å². The van der Waals surface area contributed by atoms with Crippen LogP contribution in [0.15, 0.2) is 0 Å². The van der Waals surface area contributed by atoms with Gasteiger partial charge in [-0.1, -0.05) is 26.7 Å². The maximum absolute atomic E-state index is 11.2. The standard InChI is InChI=1S/C11H22O3/c1-4-7-8-11(5-2,10(12)13)9-14-6-3/h4-9H2,1-3H3,(H,12,13). The molecule has 0 fully saturated rings. The maximum Gasteiger partial charge on any atom is 0.311 e. The summed E-state index contributed by atoms with van der Waals surface area (Å²) in [7, 11) is 0. The third-order valence-electron chi connectivity index (χ3n) is 2.72. The van der Waals surface area contributed by atoms with Crippen LogP contribution < -0.4 is 0 Å². The third-order valence-corrected chi connectivity index (χ3v) is 2.72. The molecule has 0 aromatic heterocycles. The molecule has 3 heteroatoms. The van der Waals surface area contributed by atoms with Crippen LogP contribution in [-0.4, -0.2) is 24.3 Å². The molecular formula is C11H22O3. The molecule has 3 nitrogen and oxygen atoms in total. The van der Waals surface area contributed by atoms with Crippen molar-refractivity contribution >= 4 is 5.97 Å². The second-order valence-corrected chi connectivity index (χ2v) is 3.68. The molecule has 0 aromatic carbocycles. The minimum absolute atomic E-state index is 0.343. The van der Waals surface area contributed by atoms with Gasteiger partial charge in [-0.2, -0.15) is 0 Å². The molecule has 0 rings (SSSR count). The fourth-order valence-electron chi connectivity index (χ4n) is 1.48. The van der Waals surface area contributed by atoms with E-state index < -0.39 is 11.4 Å². The Labute approximate surface area is 86.5 Å². The van der Waals surface area contributed by atoms with E-state index in [1.807, 2.05) is 13.8 Å². The smallest absolute Gasteiger partial charge is 0.311 e. The molecule has 0 aliphatic rings. The van der Waals surface area contributed by atoms with Gasteiger partial charge < -0.3 is 9.84 Å². The van der Waals surface area contributed by atoms with Crippen molar-refractivity contribution in [2.45, 2.75) is 46.5 Å². The third kappa shape index (κ3) is 3.66. The van der Waals surface area contributed by atoms with Crippen molar-refractivity contribution in [1.82, 2.24) is 0 Å². The number of rotatable bonds is 8. The van der Waals surface area contributed by atoms with Crippen LogP contribution in [0, 0.1) is 5.41 Å².